The average molecular weight is 378 g/mol. The van der Waals surface area contributed by atoms with Gasteiger partial charge in [-0.2, -0.15) is 0 Å². The SMILES string of the molecule is CC[C@@]1(C)CC[C@@H](F)/C(=C\c2ncc(-c3cc4ccncc4cc3O)nn2)C1. The van der Waals surface area contributed by atoms with Crippen LogP contribution in [0.15, 0.2) is 42.4 Å². The molecule has 0 unspecified atom stereocenters. The van der Waals surface area contributed by atoms with Crippen molar-refractivity contribution in [1.29, 1.82) is 0 Å². The summed E-state index contributed by atoms with van der Waals surface area (Å²) < 4.78 is 14.4. The zero-order valence-electron chi connectivity index (χ0n) is 16.1. The van der Waals surface area contributed by atoms with E-state index in [9.17, 15) is 9.50 Å². The molecule has 6 heteroatoms. The first kappa shape index (κ1) is 18.5. The third-order valence-corrected chi connectivity index (χ3v) is 5.81. The first-order valence-corrected chi connectivity index (χ1v) is 9.59. The van der Waals surface area contributed by atoms with Crippen LogP contribution in [-0.2, 0) is 0 Å². The summed E-state index contributed by atoms with van der Waals surface area (Å²) >= 11 is 0. The zero-order valence-corrected chi connectivity index (χ0v) is 16.1. The van der Waals surface area contributed by atoms with Crippen LogP contribution < -0.4 is 0 Å². The third-order valence-electron chi connectivity index (χ3n) is 5.81. The van der Waals surface area contributed by atoms with Crippen molar-refractivity contribution < 1.29 is 9.50 Å². The van der Waals surface area contributed by atoms with Crippen LogP contribution in [-0.4, -0.2) is 31.4 Å². The molecular weight excluding hydrogens is 355 g/mol. The fourth-order valence-electron chi connectivity index (χ4n) is 3.76. The molecule has 4 rings (SSSR count). The number of hydrogen-bond acceptors (Lipinski definition) is 5. The molecule has 1 N–H and O–H groups in total. The van der Waals surface area contributed by atoms with Crippen LogP contribution in [0.5, 0.6) is 5.75 Å². The number of aromatic nitrogens is 4. The molecule has 1 aliphatic rings. The first-order chi connectivity index (χ1) is 13.5. The van der Waals surface area contributed by atoms with Crippen molar-refractivity contribution in [3.05, 3.63) is 48.2 Å². The highest BCUT2D eigenvalue weighted by atomic mass is 19.1. The number of rotatable bonds is 3. The minimum Gasteiger partial charge on any atom is -0.507 e. The number of nitrogens with zero attached hydrogens (tertiary/aromatic N) is 4. The van der Waals surface area contributed by atoms with Gasteiger partial charge in [0, 0.05) is 23.3 Å². The molecule has 28 heavy (non-hydrogen) atoms. The Labute approximate surface area is 163 Å². The number of pyridine rings is 1. The van der Waals surface area contributed by atoms with Gasteiger partial charge in [-0.05, 0) is 59.9 Å². The largest absolute Gasteiger partial charge is 0.507 e. The van der Waals surface area contributed by atoms with E-state index in [-0.39, 0.29) is 11.2 Å². The summed E-state index contributed by atoms with van der Waals surface area (Å²) in [6.07, 6.45) is 8.92. The van der Waals surface area contributed by atoms with Crippen molar-refractivity contribution in [2.75, 3.05) is 0 Å². The van der Waals surface area contributed by atoms with E-state index >= 15 is 0 Å². The molecule has 1 aliphatic carbocycles. The van der Waals surface area contributed by atoms with Gasteiger partial charge in [0.05, 0.1) is 6.20 Å². The van der Waals surface area contributed by atoms with Crippen LogP contribution in [0.3, 0.4) is 0 Å². The average Bonchev–Trinajstić information content (AvgIpc) is 2.71. The van der Waals surface area contributed by atoms with E-state index in [0.717, 1.165) is 35.6 Å². The van der Waals surface area contributed by atoms with Gasteiger partial charge in [0.1, 0.15) is 17.6 Å². The van der Waals surface area contributed by atoms with Crippen molar-refractivity contribution >= 4 is 16.8 Å². The zero-order chi connectivity index (χ0) is 19.7. The lowest BCUT2D eigenvalue weighted by Gasteiger charge is -2.35. The molecule has 0 saturated heterocycles. The second-order valence-corrected chi connectivity index (χ2v) is 7.86. The fourth-order valence-corrected chi connectivity index (χ4v) is 3.76. The van der Waals surface area contributed by atoms with E-state index in [0.29, 0.717) is 23.5 Å². The molecule has 2 atom stereocenters. The summed E-state index contributed by atoms with van der Waals surface area (Å²) in [5, 5.41) is 20.5. The third kappa shape index (κ3) is 3.59. The van der Waals surface area contributed by atoms with Crippen LogP contribution >= 0.6 is 0 Å². The van der Waals surface area contributed by atoms with Gasteiger partial charge in [-0.25, -0.2) is 9.37 Å². The molecular formula is C22H23FN4O. The molecule has 0 aliphatic heterocycles. The van der Waals surface area contributed by atoms with Crippen LogP contribution in [0, 0.1) is 5.41 Å². The van der Waals surface area contributed by atoms with Gasteiger partial charge in [0.25, 0.3) is 0 Å². The van der Waals surface area contributed by atoms with Crippen LogP contribution in [0.4, 0.5) is 4.39 Å². The number of hydrogen-bond donors (Lipinski definition) is 1. The molecule has 0 amide bonds. The van der Waals surface area contributed by atoms with E-state index in [1.54, 1.807) is 30.7 Å². The molecule has 0 radical (unpaired) electrons. The van der Waals surface area contributed by atoms with Crippen molar-refractivity contribution in [3.8, 4) is 17.0 Å². The molecule has 0 spiro atoms. The Morgan fingerprint density at radius 2 is 2.11 bits per heavy atom. The minimum atomic E-state index is -0.943. The van der Waals surface area contributed by atoms with Crippen molar-refractivity contribution in [2.24, 2.45) is 5.41 Å². The molecule has 1 saturated carbocycles. The summed E-state index contributed by atoms with van der Waals surface area (Å²) in [6, 6.07) is 5.35. The molecule has 2 aromatic heterocycles. The highest BCUT2D eigenvalue weighted by molar-refractivity contribution is 5.89. The van der Waals surface area contributed by atoms with Gasteiger partial charge < -0.3 is 5.11 Å². The quantitative estimate of drug-likeness (QED) is 0.685. The second kappa shape index (κ2) is 7.26. The van der Waals surface area contributed by atoms with E-state index in [1.807, 2.05) is 12.1 Å². The van der Waals surface area contributed by atoms with E-state index in [2.05, 4.69) is 34.0 Å². The highest BCUT2D eigenvalue weighted by Gasteiger charge is 2.33. The van der Waals surface area contributed by atoms with Crippen LogP contribution in [0.1, 0.15) is 45.4 Å². The molecule has 3 aromatic rings. The summed E-state index contributed by atoms with van der Waals surface area (Å²) in [7, 11) is 0. The number of allylic oxidation sites excluding steroid dienone is 1. The van der Waals surface area contributed by atoms with E-state index in [4.69, 9.17) is 0 Å². The van der Waals surface area contributed by atoms with Gasteiger partial charge in [0.15, 0.2) is 5.82 Å². The maximum Gasteiger partial charge on any atom is 0.174 e. The predicted octanol–water partition coefficient (Wildman–Crippen LogP) is 5.11. The molecule has 144 valence electrons. The van der Waals surface area contributed by atoms with E-state index in [1.165, 1.54) is 0 Å². The van der Waals surface area contributed by atoms with E-state index < -0.39 is 6.17 Å². The van der Waals surface area contributed by atoms with Crippen molar-refractivity contribution in [1.82, 2.24) is 20.2 Å². The normalized spacial score (nSPS) is 24.0. The number of alkyl halides is 1. The van der Waals surface area contributed by atoms with Gasteiger partial charge in [-0.15, -0.1) is 10.2 Å². The lowest BCUT2D eigenvalue weighted by Crippen LogP contribution is -2.26. The number of benzene rings is 1. The Bertz CT molecular complexity index is 1030. The molecule has 0 bridgehead atoms. The Kier molecular flexibility index (Phi) is 4.79. The monoisotopic (exact) mass is 378 g/mol. The summed E-state index contributed by atoms with van der Waals surface area (Å²) in [6.45, 7) is 4.35. The fraction of sp³-hybridized carbons (Fsp3) is 0.364. The lowest BCUT2D eigenvalue weighted by atomic mass is 9.71. The molecule has 1 aromatic carbocycles. The highest BCUT2D eigenvalue weighted by Crippen LogP contribution is 2.43. The number of fused-ring (bicyclic) bond motifs is 1. The topological polar surface area (TPSA) is 71.8 Å². The number of phenolic OH excluding ortho intramolecular Hbond substituents is 1. The maximum atomic E-state index is 14.4. The number of aromatic hydroxyl groups is 1. The maximum absolute atomic E-state index is 14.4. The van der Waals surface area contributed by atoms with Crippen LogP contribution in [0.2, 0.25) is 0 Å². The Morgan fingerprint density at radius 3 is 2.86 bits per heavy atom. The molecule has 5 nitrogen and oxygen atoms in total. The van der Waals surface area contributed by atoms with Crippen molar-refractivity contribution in [2.45, 2.75) is 45.7 Å². The van der Waals surface area contributed by atoms with Gasteiger partial charge >= 0.3 is 0 Å². The Morgan fingerprint density at radius 1 is 1.25 bits per heavy atom. The standard InChI is InChI=1S/C22H23FN4O/c1-3-22(2)6-4-18(23)15(11-22)10-21-25-13-19(26-27-21)17-8-14-5-7-24-12-16(14)9-20(17)28/h5,7-10,12-13,18,28H,3-4,6,11H2,1-2H3/b15-10-/t18-,22+/m1/s1. The van der Waals surface area contributed by atoms with Gasteiger partial charge in [-0.1, -0.05) is 20.3 Å². The smallest absolute Gasteiger partial charge is 0.174 e. The minimum absolute atomic E-state index is 0.0949. The number of halogens is 1. The summed E-state index contributed by atoms with van der Waals surface area (Å²) in [4.78, 5) is 8.40. The Hall–Kier alpha value is -2.89. The molecule has 1 fully saturated rings. The second-order valence-electron chi connectivity index (χ2n) is 7.86. The number of phenols is 1. The predicted molar refractivity (Wildman–Crippen MR) is 107 cm³/mol. The van der Waals surface area contributed by atoms with Crippen LogP contribution in [0.25, 0.3) is 28.1 Å². The Balaban J connectivity index is 1.63. The summed E-state index contributed by atoms with van der Waals surface area (Å²) in [5.74, 6) is 0.490. The van der Waals surface area contributed by atoms with Gasteiger partial charge in [-0.3, -0.25) is 4.98 Å². The lowest BCUT2D eigenvalue weighted by molar-refractivity contribution is 0.186. The molecule has 2 heterocycles. The summed E-state index contributed by atoms with van der Waals surface area (Å²) in [5.41, 5.74) is 1.90. The van der Waals surface area contributed by atoms with Gasteiger partial charge in [0.2, 0.25) is 0 Å². The first-order valence-electron chi connectivity index (χ1n) is 9.59. The van der Waals surface area contributed by atoms with Crippen molar-refractivity contribution in [3.63, 3.8) is 0 Å².